The van der Waals surface area contributed by atoms with Crippen molar-refractivity contribution in [1.29, 1.82) is 0 Å². The standard InChI is InChI=1S/C11H16N2O5S2/c1-11(18-2)4-3-5-13(6-11)20(16,17)10-8(9(14)15)12-7-19-10/h7H,3-6H2,1-2H3,(H,14,15). The molecule has 1 unspecified atom stereocenters. The van der Waals surface area contributed by atoms with Crippen molar-refractivity contribution in [2.75, 3.05) is 20.2 Å². The molecule has 1 atom stereocenters. The summed E-state index contributed by atoms with van der Waals surface area (Å²) in [7, 11) is -2.30. The normalized spacial score (nSPS) is 24.7. The smallest absolute Gasteiger partial charge is 0.356 e. The molecule has 9 heteroatoms. The largest absolute Gasteiger partial charge is 0.476 e. The Morgan fingerprint density at radius 2 is 2.30 bits per heavy atom. The van der Waals surface area contributed by atoms with Gasteiger partial charge < -0.3 is 9.84 Å². The second-order valence-electron chi connectivity index (χ2n) is 4.89. The SMILES string of the molecule is COC1(C)CCCN(S(=O)(=O)c2scnc2C(=O)O)C1. The van der Waals surface area contributed by atoms with Gasteiger partial charge in [-0.1, -0.05) is 0 Å². The van der Waals surface area contributed by atoms with E-state index in [1.165, 1.54) is 9.82 Å². The molecule has 0 saturated carbocycles. The molecule has 0 radical (unpaired) electrons. The number of methoxy groups -OCH3 is 1. The summed E-state index contributed by atoms with van der Waals surface area (Å²) in [6.07, 6.45) is 1.44. The Morgan fingerprint density at radius 3 is 2.90 bits per heavy atom. The van der Waals surface area contributed by atoms with Gasteiger partial charge in [-0.3, -0.25) is 0 Å². The number of hydrogen-bond donors (Lipinski definition) is 1. The summed E-state index contributed by atoms with van der Waals surface area (Å²) in [5.74, 6) is -1.34. The van der Waals surface area contributed by atoms with Gasteiger partial charge in [-0.15, -0.1) is 11.3 Å². The van der Waals surface area contributed by atoms with E-state index in [0.717, 1.165) is 17.8 Å². The van der Waals surface area contributed by atoms with Crippen LogP contribution in [0, 0.1) is 0 Å². The summed E-state index contributed by atoms with van der Waals surface area (Å²) in [6.45, 7) is 2.42. The van der Waals surface area contributed by atoms with E-state index >= 15 is 0 Å². The van der Waals surface area contributed by atoms with E-state index in [9.17, 15) is 13.2 Å². The van der Waals surface area contributed by atoms with Crippen LogP contribution in [-0.2, 0) is 14.8 Å². The number of ether oxygens (including phenoxy) is 1. The Hall–Kier alpha value is -1.03. The molecule has 0 amide bonds. The lowest BCUT2D eigenvalue weighted by Gasteiger charge is -2.38. The summed E-state index contributed by atoms with van der Waals surface area (Å²) < 4.78 is 31.5. The Bertz CT molecular complexity index is 612. The van der Waals surface area contributed by atoms with Gasteiger partial charge in [-0.2, -0.15) is 4.31 Å². The number of aromatic carboxylic acids is 1. The van der Waals surface area contributed by atoms with Crippen LogP contribution in [0.5, 0.6) is 0 Å². The molecule has 0 aromatic carbocycles. The molecule has 1 aromatic heterocycles. The topological polar surface area (TPSA) is 96.8 Å². The molecule has 2 rings (SSSR count). The minimum absolute atomic E-state index is 0.211. The number of carboxylic acids is 1. The summed E-state index contributed by atoms with van der Waals surface area (Å²) in [6, 6.07) is 0. The highest BCUT2D eigenvalue weighted by atomic mass is 32.2. The molecule has 1 aliphatic rings. The van der Waals surface area contributed by atoms with Crippen LogP contribution in [-0.4, -0.2) is 54.6 Å². The molecule has 0 spiro atoms. The van der Waals surface area contributed by atoms with Gasteiger partial charge in [-0.05, 0) is 19.8 Å². The molecule has 1 N–H and O–H groups in total. The molecule has 1 saturated heterocycles. The number of piperidine rings is 1. The number of thiazole rings is 1. The third-order valence-corrected chi connectivity index (χ3v) is 6.62. The molecule has 2 heterocycles. The third-order valence-electron chi connectivity index (χ3n) is 3.43. The van der Waals surface area contributed by atoms with E-state index in [1.54, 1.807) is 7.11 Å². The third kappa shape index (κ3) is 2.71. The molecule has 20 heavy (non-hydrogen) atoms. The predicted molar refractivity (Wildman–Crippen MR) is 72.5 cm³/mol. The average molecular weight is 320 g/mol. The highest BCUT2D eigenvalue weighted by Crippen LogP contribution is 2.31. The lowest BCUT2D eigenvalue weighted by molar-refractivity contribution is -0.0319. The zero-order valence-corrected chi connectivity index (χ0v) is 12.8. The molecule has 0 bridgehead atoms. The lowest BCUT2D eigenvalue weighted by atomic mass is 9.96. The fourth-order valence-corrected chi connectivity index (χ4v) is 5.08. The highest BCUT2D eigenvalue weighted by molar-refractivity contribution is 7.91. The van der Waals surface area contributed by atoms with E-state index in [1.807, 2.05) is 6.92 Å². The molecule has 1 aliphatic heterocycles. The number of carbonyl (C=O) groups is 1. The minimum Gasteiger partial charge on any atom is -0.476 e. The van der Waals surface area contributed by atoms with Gasteiger partial charge in [0.2, 0.25) is 0 Å². The van der Waals surface area contributed by atoms with Gasteiger partial charge in [0, 0.05) is 20.2 Å². The van der Waals surface area contributed by atoms with E-state index in [4.69, 9.17) is 9.84 Å². The fourth-order valence-electron chi connectivity index (χ4n) is 2.21. The zero-order valence-electron chi connectivity index (χ0n) is 11.2. The summed E-state index contributed by atoms with van der Waals surface area (Å²) in [5.41, 5.74) is 0.273. The first-order valence-corrected chi connectivity index (χ1v) is 8.34. The first kappa shape index (κ1) is 15.4. The van der Waals surface area contributed by atoms with Crippen molar-refractivity contribution < 1.29 is 23.1 Å². The highest BCUT2D eigenvalue weighted by Gasteiger charge is 2.39. The first-order valence-electron chi connectivity index (χ1n) is 6.02. The maximum atomic E-state index is 12.6. The zero-order chi connectivity index (χ0) is 15.0. The quantitative estimate of drug-likeness (QED) is 0.890. The van der Waals surface area contributed by atoms with Crippen LogP contribution < -0.4 is 0 Å². The Morgan fingerprint density at radius 1 is 1.60 bits per heavy atom. The molecule has 7 nitrogen and oxygen atoms in total. The second kappa shape index (κ2) is 5.40. The van der Waals surface area contributed by atoms with Crippen molar-refractivity contribution >= 4 is 27.3 Å². The van der Waals surface area contributed by atoms with Crippen LogP contribution >= 0.6 is 11.3 Å². The Labute approximate surface area is 121 Å². The fraction of sp³-hybridized carbons (Fsp3) is 0.636. The van der Waals surface area contributed by atoms with E-state index < -0.39 is 27.3 Å². The van der Waals surface area contributed by atoms with Crippen LogP contribution in [0.2, 0.25) is 0 Å². The number of hydrogen-bond acceptors (Lipinski definition) is 6. The number of carboxylic acid groups (broad SMARTS) is 1. The molecular formula is C11H16N2O5S2. The van der Waals surface area contributed by atoms with Crippen LogP contribution in [0.1, 0.15) is 30.3 Å². The number of sulfonamides is 1. The number of aromatic nitrogens is 1. The van der Waals surface area contributed by atoms with Crippen molar-refractivity contribution in [3.8, 4) is 0 Å². The van der Waals surface area contributed by atoms with Crippen LogP contribution in [0.25, 0.3) is 0 Å². The summed E-state index contributed by atoms with van der Waals surface area (Å²) in [4.78, 5) is 14.6. The minimum atomic E-state index is -3.85. The van der Waals surface area contributed by atoms with E-state index in [2.05, 4.69) is 4.98 Å². The second-order valence-corrected chi connectivity index (χ2v) is 7.88. The van der Waals surface area contributed by atoms with Gasteiger partial charge in [0.05, 0.1) is 11.1 Å². The summed E-state index contributed by atoms with van der Waals surface area (Å²) in [5, 5.41) is 9.00. The lowest BCUT2D eigenvalue weighted by Crippen LogP contribution is -2.49. The van der Waals surface area contributed by atoms with Crippen molar-refractivity contribution in [3.05, 3.63) is 11.2 Å². The average Bonchev–Trinajstić information content (AvgIpc) is 2.89. The molecule has 1 aromatic rings. The number of rotatable bonds is 4. The molecule has 0 aliphatic carbocycles. The van der Waals surface area contributed by atoms with Crippen LogP contribution in [0.4, 0.5) is 0 Å². The van der Waals surface area contributed by atoms with E-state index in [-0.39, 0.29) is 10.8 Å². The molecule has 112 valence electrons. The monoisotopic (exact) mass is 320 g/mol. The van der Waals surface area contributed by atoms with Crippen LogP contribution in [0.3, 0.4) is 0 Å². The van der Waals surface area contributed by atoms with Gasteiger partial charge in [0.25, 0.3) is 10.0 Å². The first-order chi connectivity index (χ1) is 9.30. The maximum Gasteiger partial charge on any atom is 0.356 e. The summed E-state index contributed by atoms with van der Waals surface area (Å²) >= 11 is 0.824. The Balaban J connectivity index is 2.35. The van der Waals surface area contributed by atoms with Crippen LogP contribution in [0.15, 0.2) is 9.72 Å². The molecule has 1 fully saturated rings. The van der Waals surface area contributed by atoms with Crippen molar-refractivity contribution in [1.82, 2.24) is 9.29 Å². The van der Waals surface area contributed by atoms with Crippen molar-refractivity contribution in [2.24, 2.45) is 0 Å². The van der Waals surface area contributed by atoms with Gasteiger partial charge in [0.1, 0.15) is 0 Å². The van der Waals surface area contributed by atoms with Gasteiger partial charge in [-0.25, -0.2) is 18.2 Å². The van der Waals surface area contributed by atoms with Gasteiger partial charge >= 0.3 is 5.97 Å². The van der Waals surface area contributed by atoms with Gasteiger partial charge in [0.15, 0.2) is 9.90 Å². The van der Waals surface area contributed by atoms with E-state index in [0.29, 0.717) is 13.0 Å². The predicted octanol–water partition coefficient (Wildman–Crippen LogP) is 1.03. The van der Waals surface area contributed by atoms with Crippen molar-refractivity contribution in [3.63, 3.8) is 0 Å². The number of nitrogens with zero attached hydrogens (tertiary/aromatic N) is 2. The Kier molecular flexibility index (Phi) is 4.14. The van der Waals surface area contributed by atoms with Crippen molar-refractivity contribution in [2.45, 2.75) is 29.6 Å². The maximum absolute atomic E-state index is 12.6. The molecular weight excluding hydrogens is 304 g/mol.